The quantitative estimate of drug-likeness (QED) is 0.0737. The molecule has 300 valence electrons. The van der Waals surface area contributed by atoms with Crippen molar-refractivity contribution in [3.63, 3.8) is 0 Å². The summed E-state index contributed by atoms with van der Waals surface area (Å²) in [6.45, 7) is 17.9. The lowest BCUT2D eigenvalue weighted by atomic mass is 9.79. The predicted molar refractivity (Wildman–Crippen MR) is 257 cm³/mol. The number of hydrogen-bond donors (Lipinski definition) is 1. The highest BCUT2D eigenvalue weighted by molar-refractivity contribution is 6.13. The van der Waals surface area contributed by atoms with Crippen molar-refractivity contribution in [3.05, 3.63) is 203 Å². The summed E-state index contributed by atoms with van der Waals surface area (Å²) in [6, 6.07) is 27.2. The topological polar surface area (TPSA) is 50.7 Å². The zero-order valence-corrected chi connectivity index (χ0v) is 36.1. The fraction of sp³-hybridized carbons (Fsp3) is 0.273. The van der Waals surface area contributed by atoms with E-state index in [1.54, 1.807) is 18.7 Å². The van der Waals surface area contributed by atoms with Crippen LogP contribution in [0.5, 0.6) is 0 Å². The molecule has 2 atom stereocenters. The Morgan fingerprint density at radius 3 is 2.33 bits per heavy atom. The minimum absolute atomic E-state index is 0.219. The number of nitrogens with two attached hydrogens (primary N) is 1. The van der Waals surface area contributed by atoms with Crippen LogP contribution in [0.25, 0.3) is 22.4 Å². The molecule has 0 amide bonds. The normalized spacial score (nSPS) is 17.0. The monoisotopic (exact) mass is 768 g/mol. The molecule has 58 heavy (non-hydrogen) atoms. The molecule has 0 saturated heterocycles. The maximum absolute atomic E-state index is 6.84. The van der Waals surface area contributed by atoms with Gasteiger partial charge in [0.2, 0.25) is 0 Å². The highest BCUT2D eigenvalue weighted by Crippen LogP contribution is 2.36. The molecule has 0 heterocycles. The maximum atomic E-state index is 6.84. The molecule has 0 aromatic heterocycles. The van der Waals surface area contributed by atoms with E-state index in [9.17, 15) is 0 Å². The summed E-state index contributed by atoms with van der Waals surface area (Å²) < 4.78 is 0. The molecule has 2 unspecified atom stereocenters. The average Bonchev–Trinajstić information content (AvgIpc) is 3.25. The predicted octanol–water partition coefficient (Wildman–Crippen LogP) is 14.5. The molecule has 3 aromatic carbocycles. The molecule has 3 aromatic rings. The van der Waals surface area contributed by atoms with Crippen molar-refractivity contribution in [2.75, 3.05) is 13.6 Å². The van der Waals surface area contributed by atoms with Gasteiger partial charge in [0, 0.05) is 24.5 Å². The lowest BCUT2D eigenvalue weighted by Gasteiger charge is -2.26. The van der Waals surface area contributed by atoms with Crippen LogP contribution in [0.3, 0.4) is 0 Å². The molecule has 3 heteroatoms. The fourth-order valence-electron chi connectivity index (χ4n) is 7.51. The first-order chi connectivity index (χ1) is 28.3. The molecule has 0 saturated carbocycles. The average molecular weight is 768 g/mol. The maximum Gasteiger partial charge on any atom is 0.0671 e. The molecule has 2 N–H and O–H groups in total. The molecular weight excluding hydrogens is 703 g/mol. The zero-order chi connectivity index (χ0) is 41.7. The van der Waals surface area contributed by atoms with Gasteiger partial charge in [-0.2, -0.15) is 0 Å². The molecular formula is C55H65N3. The number of rotatable bonds is 19. The summed E-state index contributed by atoms with van der Waals surface area (Å²) in [7, 11) is 1.77. The molecule has 0 bridgehead atoms. The van der Waals surface area contributed by atoms with Crippen LogP contribution in [-0.2, 0) is 0 Å². The summed E-state index contributed by atoms with van der Waals surface area (Å²) >= 11 is 0. The lowest BCUT2D eigenvalue weighted by Crippen LogP contribution is -2.09. The van der Waals surface area contributed by atoms with Gasteiger partial charge in [0.1, 0.15) is 0 Å². The Morgan fingerprint density at radius 2 is 1.66 bits per heavy atom. The summed E-state index contributed by atoms with van der Waals surface area (Å²) in [5.74, 6) is 0.764. The third kappa shape index (κ3) is 12.9. The molecule has 0 radical (unpaired) electrons. The van der Waals surface area contributed by atoms with E-state index in [0.29, 0.717) is 18.2 Å². The summed E-state index contributed by atoms with van der Waals surface area (Å²) in [4.78, 5) is 9.41. The van der Waals surface area contributed by atoms with Gasteiger partial charge < -0.3 is 5.73 Å². The van der Waals surface area contributed by atoms with Crippen LogP contribution in [0.15, 0.2) is 196 Å². The van der Waals surface area contributed by atoms with Crippen LogP contribution in [-0.4, -0.2) is 25.5 Å². The third-order valence-electron chi connectivity index (χ3n) is 10.6. The second-order valence-electron chi connectivity index (χ2n) is 14.7. The van der Waals surface area contributed by atoms with Crippen molar-refractivity contribution in [1.29, 1.82) is 0 Å². The summed E-state index contributed by atoms with van der Waals surface area (Å²) in [5.41, 5.74) is 21.8. The first-order valence-electron chi connectivity index (χ1n) is 21.1. The Kier molecular flexibility index (Phi) is 18.6. The van der Waals surface area contributed by atoms with Gasteiger partial charge in [-0.15, -0.1) is 0 Å². The van der Waals surface area contributed by atoms with Crippen LogP contribution in [0.4, 0.5) is 0 Å². The van der Waals surface area contributed by atoms with Crippen molar-refractivity contribution >= 4 is 23.2 Å². The molecule has 0 aliphatic heterocycles. The number of aliphatic imine (C=N–C) groups is 2. The minimum Gasteiger partial charge on any atom is -0.398 e. The highest BCUT2D eigenvalue weighted by atomic mass is 14.7. The van der Waals surface area contributed by atoms with Gasteiger partial charge in [-0.3, -0.25) is 9.98 Å². The van der Waals surface area contributed by atoms with Crippen LogP contribution in [0, 0.1) is 11.8 Å². The van der Waals surface area contributed by atoms with Crippen LogP contribution < -0.4 is 5.73 Å². The van der Waals surface area contributed by atoms with Gasteiger partial charge in [-0.25, -0.2) is 0 Å². The Labute approximate surface area is 350 Å². The Bertz CT molecular complexity index is 2150. The lowest BCUT2D eigenvalue weighted by molar-refractivity contribution is 0.670. The second-order valence-corrected chi connectivity index (χ2v) is 14.7. The van der Waals surface area contributed by atoms with Crippen molar-refractivity contribution in [1.82, 2.24) is 0 Å². The number of benzene rings is 3. The van der Waals surface area contributed by atoms with Crippen molar-refractivity contribution in [2.45, 2.75) is 73.6 Å². The summed E-state index contributed by atoms with van der Waals surface area (Å²) in [5, 5.41) is 0. The molecule has 4 rings (SSSR count). The Hall–Kier alpha value is -5.80. The number of allylic oxidation sites excluding steroid dienone is 17. The largest absolute Gasteiger partial charge is 0.398 e. The van der Waals surface area contributed by atoms with E-state index in [1.807, 2.05) is 36.6 Å². The second kappa shape index (κ2) is 24.1. The third-order valence-corrected chi connectivity index (χ3v) is 10.6. The van der Waals surface area contributed by atoms with E-state index in [4.69, 9.17) is 10.7 Å². The van der Waals surface area contributed by atoms with E-state index >= 15 is 0 Å². The van der Waals surface area contributed by atoms with Crippen molar-refractivity contribution in [2.24, 2.45) is 27.6 Å². The Morgan fingerprint density at radius 1 is 0.914 bits per heavy atom. The Balaban J connectivity index is 1.68. The molecule has 0 spiro atoms. The molecule has 3 nitrogen and oxygen atoms in total. The van der Waals surface area contributed by atoms with Gasteiger partial charge >= 0.3 is 0 Å². The van der Waals surface area contributed by atoms with E-state index in [1.165, 1.54) is 22.3 Å². The minimum atomic E-state index is 0.219. The standard InChI is InChI=1S/C55H65N3/c1-9-14-25-47(52(13-5)55-42(7)24-19-28-43(55)12-4)29-18-23-41(6)44(21-10-2)36-37-58-54(50-31-20-30-49(38-50)45-26-16-15-17-27-45)39-53(56)48-34-32-46(33-35-48)51(22-11-3)40-57-8/h10-11,14-23,25-28,30-36,38-42H,3,9,12-13,24,29,37,56H2,1-2,4-8H3/b21-10-,23-18-,25-14-,44-36+,51-22+,52-47-,53-39-,57-40-,58-54+. The number of nitrogens with zero attached hydrogens (tertiary/aromatic N) is 2. The first-order valence-corrected chi connectivity index (χ1v) is 21.1. The van der Waals surface area contributed by atoms with Crippen molar-refractivity contribution < 1.29 is 0 Å². The van der Waals surface area contributed by atoms with E-state index in [0.717, 1.165) is 71.2 Å². The van der Waals surface area contributed by atoms with Crippen molar-refractivity contribution in [3.8, 4) is 11.1 Å². The van der Waals surface area contributed by atoms with E-state index in [2.05, 4.69) is 168 Å². The molecule has 1 aliphatic carbocycles. The highest BCUT2D eigenvalue weighted by Gasteiger charge is 2.20. The van der Waals surface area contributed by atoms with Crippen LogP contribution >= 0.6 is 0 Å². The van der Waals surface area contributed by atoms with Crippen LogP contribution in [0.2, 0.25) is 0 Å². The van der Waals surface area contributed by atoms with Gasteiger partial charge in [0.05, 0.1) is 12.3 Å². The van der Waals surface area contributed by atoms with E-state index < -0.39 is 0 Å². The molecule has 1 aliphatic rings. The SMILES string of the molecule is C=C/C=C(\C=N/C)c1ccc(/C(N)=C/C(=N\C/C=C(\C=C/C)C(C)/C=C\CC(/C=C\CC)=C(/CC)C2=C(CC)C=CCC2C)c2cccc(-c3ccccc3)c2)cc1. The number of hydrogen-bond acceptors (Lipinski definition) is 3. The fourth-order valence-corrected chi connectivity index (χ4v) is 7.51. The van der Waals surface area contributed by atoms with Crippen LogP contribution in [0.1, 0.15) is 90.3 Å². The first kappa shape index (κ1) is 44.9. The zero-order valence-electron chi connectivity index (χ0n) is 36.1. The van der Waals surface area contributed by atoms with Gasteiger partial charge in [-0.05, 0) is 119 Å². The molecule has 0 fully saturated rings. The van der Waals surface area contributed by atoms with Gasteiger partial charge in [-0.1, -0.05) is 181 Å². The van der Waals surface area contributed by atoms with Gasteiger partial charge in [0.15, 0.2) is 0 Å². The smallest absolute Gasteiger partial charge is 0.0671 e. The summed E-state index contributed by atoms with van der Waals surface area (Å²) in [6.07, 6.45) is 33.4. The van der Waals surface area contributed by atoms with Gasteiger partial charge in [0.25, 0.3) is 0 Å². The van der Waals surface area contributed by atoms with E-state index in [-0.39, 0.29) is 5.92 Å².